The maximum atomic E-state index is 15.2. The van der Waals surface area contributed by atoms with Gasteiger partial charge < -0.3 is 0 Å². The molecular weight excluding hydrogens is 559 g/mol. The highest BCUT2D eigenvalue weighted by molar-refractivity contribution is 6.21. The van der Waals surface area contributed by atoms with Gasteiger partial charge >= 0.3 is 0 Å². The lowest BCUT2D eigenvalue weighted by molar-refractivity contribution is 0.381. The molecular formula is C26H5F13. The van der Waals surface area contributed by atoms with Gasteiger partial charge in [-0.05, 0) is 35.0 Å². The molecule has 200 valence electrons. The molecule has 0 saturated carbocycles. The van der Waals surface area contributed by atoms with Gasteiger partial charge in [-0.15, -0.1) is 0 Å². The molecule has 0 aliphatic heterocycles. The third kappa shape index (κ3) is 3.55. The standard InChI is InChI=1S/C26H5F13/c27-6-1-2-7-8(5-6)12(16-19(32)23(36)26(39)24(37)20(16)33)14-10(29)4-3-9(28)13(14)11(7)15-17(30)21(34)25(38)22(35)18(15)31/h1-5H. The van der Waals surface area contributed by atoms with Gasteiger partial charge in [-0.2, -0.15) is 0 Å². The summed E-state index contributed by atoms with van der Waals surface area (Å²) >= 11 is 0. The Balaban J connectivity index is 2.18. The van der Waals surface area contributed by atoms with E-state index >= 15 is 8.78 Å². The highest BCUT2D eigenvalue weighted by Gasteiger charge is 2.34. The van der Waals surface area contributed by atoms with E-state index in [1.807, 2.05) is 0 Å². The van der Waals surface area contributed by atoms with Gasteiger partial charge in [0.2, 0.25) is 11.6 Å². The molecule has 0 saturated heterocycles. The van der Waals surface area contributed by atoms with E-state index < -0.39 is 119 Å². The van der Waals surface area contributed by atoms with Crippen LogP contribution in [0.5, 0.6) is 0 Å². The molecule has 0 heterocycles. The van der Waals surface area contributed by atoms with E-state index in [1.165, 1.54) is 0 Å². The Morgan fingerprint density at radius 3 is 1.03 bits per heavy atom. The van der Waals surface area contributed by atoms with Crippen molar-refractivity contribution in [1.82, 2.24) is 0 Å². The van der Waals surface area contributed by atoms with E-state index in [1.54, 1.807) is 0 Å². The van der Waals surface area contributed by atoms with Crippen molar-refractivity contribution in [2.45, 2.75) is 0 Å². The first-order valence-corrected chi connectivity index (χ1v) is 10.4. The minimum atomic E-state index is -2.63. The lowest BCUT2D eigenvalue weighted by Crippen LogP contribution is -2.08. The maximum Gasteiger partial charge on any atom is 0.200 e. The van der Waals surface area contributed by atoms with Gasteiger partial charge in [0.15, 0.2) is 46.5 Å². The summed E-state index contributed by atoms with van der Waals surface area (Å²) in [4.78, 5) is 0. The summed E-state index contributed by atoms with van der Waals surface area (Å²) in [5, 5.41) is -4.68. The predicted molar refractivity (Wildman–Crippen MR) is 112 cm³/mol. The molecule has 0 atom stereocenters. The highest BCUT2D eigenvalue weighted by Crippen LogP contribution is 2.49. The average molecular weight is 564 g/mol. The minimum Gasteiger partial charge on any atom is -0.207 e. The van der Waals surface area contributed by atoms with E-state index in [2.05, 4.69) is 0 Å². The van der Waals surface area contributed by atoms with Crippen molar-refractivity contribution >= 4 is 21.5 Å². The molecule has 5 aromatic rings. The Kier molecular flexibility index (Phi) is 6.00. The quantitative estimate of drug-likeness (QED) is 0.0869. The monoisotopic (exact) mass is 564 g/mol. The summed E-state index contributed by atoms with van der Waals surface area (Å²) in [6.45, 7) is 0. The Bertz CT molecular complexity index is 1830. The second-order valence-electron chi connectivity index (χ2n) is 8.11. The first kappa shape index (κ1) is 26.3. The Morgan fingerprint density at radius 1 is 0.308 bits per heavy atom. The fourth-order valence-corrected chi connectivity index (χ4v) is 4.42. The fourth-order valence-electron chi connectivity index (χ4n) is 4.42. The zero-order valence-corrected chi connectivity index (χ0v) is 18.3. The van der Waals surface area contributed by atoms with Crippen LogP contribution < -0.4 is 0 Å². The summed E-state index contributed by atoms with van der Waals surface area (Å²) < 4.78 is 188. The predicted octanol–water partition coefficient (Wildman–Crippen LogP) is 9.14. The molecule has 0 aromatic heterocycles. The SMILES string of the molecule is Fc1ccc2c(-c3c(F)c(F)c(F)c(F)c3F)c3c(F)ccc(F)c3c(-c3c(F)c(F)c(F)c(F)c3F)c2c1. The van der Waals surface area contributed by atoms with E-state index in [9.17, 15) is 48.3 Å². The van der Waals surface area contributed by atoms with Gasteiger partial charge in [0.1, 0.15) is 17.5 Å². The molecule has 0 nitrogen and oxygen atoms in total. The fraction of sp³-hybridized carbons (Fsp3) is 0. The van der Waals surface area contributed by atoms with Crippen LogP contribution in [0.25, 0.3) is 43.8 Å². The van der Waals surface area contributed by atoms with Gasteiger partial charge in [0.05, 0.1) is 11.1 Å². The average Bonchev–Trinajstić information content (AvgIpc) is 2.91. The van der Waals surface area contributed by atoms with Crippen molar-refractivity contribution in [3.05, 3.63) is 106 Å². The van der Waals surface area contributed by atoms with Crippen LogP contribution in [0.2, 0.25) is 0 Å². The minimum absolute atomic E-state index is 0.292. The number of benzene rings is 5. The van der Waals surface area contributed by atoms with Crippen molar-refractivity contribution in [2.24, 2.45) is 0 Å². The first-order chi connectivity index (χ1) is 18.3. The normalized spacial score (nSPS) is 11.7. The number of rotatable bonds is 2. The zero-order chi connectivity index (χ0) is 28.7. The second-order valence-corrected chi connectivity index (χ2v) is 8.11. The Hall–Kier alpha value is -4.29. The van der Waals surface area contributed by atoms with E-state index in [0.717, 1.165) is 0 Å². The topological polar surface area (TPSA) is 0 Å². The summed E-state index contributed by atoms with van der Waals surface area (Å²) in [5.74, 6) is -30.2. The van der Waals surface area contributed by atoms with Crippen LogP contribution in [-0.4, -0.2) is 0 Å². The van der Waals surface area contributed by atoms with E-state index in [0.29, 0.717) is 30.3 Å². The molecule has 0 fully saturated rings. The molecule has 0 bridgehead atoms. The van der Waals surface area contributed by atoms with Gasteiger partial charge in [0, 0.05) is 21.9 Å². The van der Waals surface area contributed by atoms with E-state index in [-0.39, 0.29) is 0 Å². The first-order valence-electron chi connectivity index (χ1n) is 10.4. The van der Waals surface area contributed by atoms with E-state index in [4.69, 9.17) is 0 Å². The van der Waals surface area contributed by atoms with Crippen LogP contribution in [0.15, 0.2) is 30.3 Å². The number of halogens is 13. The molecule has 39 heavy (non-hydrogen) atoms. The lowest BCUT2D eigenvalue weighted by atomic mass is 9.84. The molecule has 0 aliphatic carbocycles. The summed E-state index contributed by atoms with van der Waals surface area (Å²) in [6.07, 6.45) is 0. The van der Waals surface area contributed by atoms with Crippen molar-refractivity contribution in [2.75, 3.05) is 0 Å². The van der Waals surface area contributed by atoms with Crippen molar-refractivity contribution < 1.29 is 57.1 Å². The molecule has 5 rings (SSSR count). The number of fused-ring (bicyclic) bond motifs is 2. The van der Waals surface area contributed by atoms with Crippen LogP contribution in [0, 0.1) is 75.6 Å². The largest absolute Gasteiger partial charge is 0.207 e. The molecule has 5 aromatic carbocycles. The lowest BCUT2D eigenvalue weighted by Gasteiger charge is -2.20. The van der Waals surface area contributed by atoms with Crippen LogP contribution >= 0.6 is 0 Å². The molecule has 0 amide bonds. The third-order valence-corrected chi connectivity index (χ3v) is 6.04. The van der Waals surface area contributed by atoms with Gasteiger partial charge in [-0.25, -0.2) is 57.1 Å². The number of hydrogen-bond donors (Lipinski definition) is 0. The smallest absolute Gasteiger partial charge is 0.200 e. The van der Waals surface area contributed by atoms with Gasteiger partial charge in [0.25, 0.3) is 0 Å². The van der Waals surface area contributed by atoms with Crippen molar-refractivity contribution in [1.29, 1.82) is 0 Å². The van der Waals surface area contributed by atoms with Crippen molar-refractivity contribution in [3.63, 3.8) is 0 Å². The van der Waals surface area contributed by atoms with Crippen LogP contribution in [0.4, 0.5) is 57.1 Å². The molecule has 13 heteroatoms. The van der Waals surface area contributed by atoms with Gasteiger partial charge in [-0.1, -0.05) is 6.07 Å². The molecule has 0 N–H and O–H groups in total. The summed E-state index contributed by atoms with van der Waals surface area (Å²) in [6, 6.07) is 1.98. The zero-order valence-electron chi connectivity index (χ0n) is 18.3. The third-order valence-electron chi connectivity index (χ3n) is 6.04. The molecule has 0 spiro atoms. The molecule has 0 radical (unpaired) electrons. The Labute approximate surface area is 207 Å². The van der Waals surface area contributed by atoms with Crippen LogP contribution in [0.1, 0.15) is 0 Å². The maximum absolute atomic E-state index is 15.2. The van der Waals surface area contributed by atoms with Crippen LogP contribution in [-0.2, 0) is 0 Å². The second kappa shape index (κ2) is 8.89. The summed E-state index contributed by atoms with van der Waals surface area (Å²) in [7, 11) is 0. The Morgan fingerprint density at radius 2 is 0.641 bits per heavy atom. The summed E-state index contributed by atoms with van der Waals surface area (Å²) in [5.41, 5.74) is -6.34. The van der Waals surface area contributed by atoms with Crippen molar-refractivity contribution in [3.8, 4) is 22.3 Å². The van der Waals surface area contributed by atoms with Crippen LogP contribution in [0.3, 0.4) is 0 Å². The van der Waals surface area contributed by atoms with Gasteiger partial charge in [-0.3, -0.25) is 0 Å². The number of hydrogen-bond acceptors (Lipinski definition) is 0. The highest BCUT2D eigenvalue weighted by atomic mass is 19.2. The molecule has 0 aliphatic rings. The molecule has 0 unspecified atom stereocenters.